The van der Waals surface area contributed by atoms with Crippen molar-refractivity contribution in [2.24, 2.45) is 17.3 Å². The quantitative estimate of drug-likeness (QED) is 0.845. The summed E-state index contributed by atoms with van der Waals surface area (Å²) in [5.74, 6) is 1.15. The maximum Gasteiger partial charge on any atom is 0.280 e. The smallest absolute Gasteiger partial charge is 0.280 e. The number of aryl methyl sites for hydroxylation is 1. The normalized spacial score (nSPS) is 35.8. The maximum atomic E-state index is 10.5. The Balaban J connectivity index is 1.62. The van der Waals surface area contributed by atoms with E-state index in [9.17, 15) is 5.11 Å². The molecule has 3 fully saturated rings. The summed E-state index contributed by atoms with van der Waals surface area (Å²) in [6.45, 7) is 8.99. The Morgan fingerprint density at radius 2 is 1.95 bits per heavy atom. The van der Waals surface area contributed by atoms with Crippen LogP contribution in [0.4, 0.5) is 0 Å². The fourth-order valence-corrected chi connectivity index (χ4v) is 4.72. The van der Waals surface area contributed by atoms with E-state index in [1.165, 1.54) is 17.5 Å². The third kappa shape index (κ3) is 2.53. The van der Waals surface area contributed by atoms with Crippen LogP contribution < -0.4 is 0 Å². The van der Waals surface area contributed by atoms with Crippen molar-refractivity contribution in [1.82, 2.24) is 0 Å². The molecule has 3 aliphatic rings. The highest BCUT2D eigenvalue weighted by Crippen LogP contribution is 2.63. The van der Waals surface area contributed by atoms with Gasteiger partial charge in [0.15, 0.2) is 0 Å². The van der Waals surface area contributed by atoms with Crippen molar-refractivity contribution in [3.63, 3.8) is 0 Å². The second-order valence-electron chi connectivity index (χ2n) is 8.01. The van der Waals surface area contributed by atoms with Gasteiger partial charge >= 0.3 is 0 Å². The van der Waals surface area contributed by atoms with Crippen LogP contribution in [0.25, 0.3) is 0 Å². The van der Waals surface area contributed by atoms with E-state index in [4.69, 9.17) is 4.65 Å². The first-order valence-corrected chi connectivity index (χ1v) is 8.77. The lowest BCUT2D eigenvalue weighted by atomic mass is 9.43. The van der Waals surface area contributed by atoms with Gasteiger partial charge in [-0.25, -0.2) is 0 Å². The Bertz CT molecular complexity index is 542. The summed E-state index contributed by atoms with van der Waals surface area (Å²) in [6.07, 6.45) is 3.79. The van der Waals surface area contributed by atoms with Gasteiger partial charge in [-0.15, -0.1) is 0 Å². The lowest BCUT2D eigenvalue weighted by Crippen LogP contribution is -2.67. The van der Waals surface area contributed by atoms with Crippen molar-refractivity contribution in [1.29, 1.82) is 0 Å². The van der Waals surface area contributed by atoms with Crippen molar-refractivity contribution in [3.8, 4) is 0 Å². The lowest BCUT2D eigenvalue weighted by molar-refractivity contribution is -0.234. The van der Waals surface area contributed by atoms with Gasteiger partial charge in [-0.1, -0.05) is 50.6 Å². The second kappa shape index (κ2) is 5.69. The molecule has 0 saturated heterocycles. The summed E-state index contributed by atoms with van der Waals surface area (Å²) in [7, 11) is 0.692. The molecule has 0 aliphatic heterocycles. The van der Waals surface area contributed by atoms with Gasteiger partial charge in [0.2, 0.25) is 0 Å². The molecule has 4 rings (SSSR count). The van der Waals surface area contributed by atoms with Crippen LogP contribution in [0, 0.1) is 17.3 Å². The van der Waals surface area contributed by atoms with Crippen molar-refractivity contribution < 1.29 is 9.76 Å². The van der Waals surface area contributed by atoms with Crippen molar-refractivity contribution in [2.45, 2.75) is 65.0 Å². The van der Waals surface area contributed by atoms with Gasteiger partial charge in [0.1, 0.15) is 0 Å². The fourth-order valence-electron chi connectivity index (χ4n) is 4.72. The zero-order chi connectivity index (χ0) is 16.0. The van der Waals surface area contributed by atoms with Gasteiger partial charge in [-0.3, -0.25) is 0 Å². The number of aliphatic hydroxyl groups is 1. The fraction of sp³-hybridized carbons (Fsp3) is 0.684. The number of rotatable bonds is 5. The molecule has 2 bridgehead atoms. The van der Waals surface area contributed by atoms with Gasteiger partial charge in [-0.05, 0) is 55.3 Å². The van der Waals surface area contributed by atoms with Crippen molar-refractivity contribution >= 4 is 7.48 Å². The molecular formula is C19H29BO2. The number of benzene rings is 1. The summed E-state index contributed by atoms with van der Waals surface area (Å²) in [5, 5.41) is 10.5. The van der Waals surface area contributed by atoms with Gasteiger partial charge < -0.3 is 9.76 Å². The minimum absolute atomic E-state index is 0.314. The van der Waals surface area contributed by atoms with E-state index in [0.29, 0.717) is 24.7 Å². The Morgan fingerprint density at radius 1 is 1.23 bits per heavy atom. The summed E-state index contributed by atoms with van der Waals surface area (Å²) in [4.78, 5) is 0. The number of hydrogen-bond donors (Lipinski definition) is 1. The van der Waals surface area contributed by atoms with Gasteiger partial charge in [0.25, 0.3) is 7.48 Å². The summed E-state index contributed by atoms with van der Waals surface area (Å²) in [6, 6.07) is 8.75. The zero-order valence-electron chi connectivity index (χ0n) is 14.4. The molecule has 0 aromatic heterocycles. The Morgan fingerprint density at radius 3 is 2.64 bits per heavy atom. The number of fused-ring (bicyclic) bond motifs is 2. The monoisotopic (exact) mass is 300 g/mol. The molecule has 0 heterocycles. The van der Waals surface area contributed by atoms with Crippen LogP contribution in [0.5, 0.6) is 0 Å². The number of hydrogen-bond acceptors (Lipinski definition) is 2. The topological polar surface area (TPSA) is 29.5 Å². The molecule has 0 spiro atoms. The highest BCUT2D eigenvalue weighted by Gasteiger charge is 2.63. The van der Waals surface area contributed by atoms with E-state index >= 15 is 0 Å². The third-order valence-corrected chi connectivity index (χ3v) is 6.54. The first kappa shape index (κ1) is 16.1. The maximum absolute atomic E-state index is 10.5. The number of aliphatic hydroxyl groups excluding tert-OH is 1. The Kier molecular flexibility index (Phi) is 4.15. The highest BCUT2D eigenvalue weighted by molar-refractivity contribution is 6.26. The standard InChI is InChI=1S/C19H29BO2/c1-5-13-7-6-8-14(9-13)12-20-22-19(4)16-10-15(11-17(19)21)18(16,2)3/h6-9,15-17,20-21H,5,10-12H2,1-4H3/t15?,16-,17?,19-/m0/s1. The SMILES string of the molecule is CCc1cccc(CBO[C@]2(C)C(O)CC3C[C@H]2C3(C)C)c1. The largest absolute Gasteiger partial charge is 0.431 e. The second-order valence-corrected chi connectivity index (χ2v) is 8.01. The van der Waals surface area contributed by atoms with E-state index in [2.05, 4.69) is 52.0 Å². The molecule has 0 radical (unpaired) electrons. The molecule has 3 saturated carbocycles. The van der Waals surface area contributed by atoms with Crippen molar-refractivity contribution in [3.05, 3.63) is 35.4 Å². The Hall–Kier alpha value is -0.795. The molecule has 2 unspecified atom stereocenters. The van der Waals surface area contributed by atoms with Gasteiger partial charge in [0.05, 0.1) is 11.7 Å². The molecule has 1 aromatic rings. The highest BCUT2D eigenvalue weighted by atomic mass is 16.5. The first-order chi connectivity index (χ1) is 10.4. The van der Waals surface area contributed by atoms with Crippen LogP contribution in [0.1, 0.15) is 51.7 Å². The molecule has 120 valence electrons. The predicted octanol–water partition coefficient (Wildman–Crippen LogP) is 3.30. The van der Waals surface area contributed by atoms with Crippen LogP contribution in [-0.4, -0.2) is 24.3 Å². The predicted molar refractivity (Wildman–Crippen MR) is 92.2 cm³/mol. The first-order valence-electron chi connectivity index (χ1n) is 8.77. The van der Waals surface area contributed by atoms with Crippen LogP contribution in [0.3, 0.4) is 0 Å². The molecule has 1 N–H and O–H groups in total. The minimum Gasteiger partial charge on any atom is -0.431 e. The van der Waals surface area contributed by atoms with E-state index in [-0.39, 0.29) is 11.7 Å². The average molecular weight is 300 g/mol. The van der Waals surface area contributed by atoms with Crippen LogP contribution >= 0.6 is 0 Å². The Labute approximate surface area is 135 Å². The van der Waals surface area contributed by atoms with Crippen molar-refractivity contribution in [2.75, 3.05) is 0 Å². The van der Waals surface area contributed by atoms with Crippen LogP contribution in [0.2, 0.25) is 0 Å². The van der Waals surface area contributed by atoms with E-state index < -0.39 is 0 Å². The molecule has 3 heteroatoms. The molecule has 2 nitrogen and oxygen atoms in total. The van der Waals surface area contributed by atoms with Crippen LogP contribution in [-0.2, 0) is 17.4 Å². The molecule has 4 atom stereocenters. The van der Waals surface area contributed by atoms with Gasteiger partial charge in [-0.2, -0.15) is 0 Å². The minimum atomic E-state index is -0.374. The lowest BCUT2D eigenvalue weighted by Gasteiger charge is -2.65. The molecule has 3 aliphatic carbocycles. The molecule has 1 aromatic carbocycles. The molecule has 0 amide bonds. The van der Waals surface area contributed by atoms with Crippen LogP contribution in [0.15, 0.2) is 24.3 Å². The summed E-state index contributed by atoms with van der Waals surface area (Å²) >= 11 is 0. The van der Waals surface area contributed by atoms with E-state index in [1.807, 2.05) is 0 Å². The van der Waals surface area contributed by atoms with E-state index in [0.717, 1.165) is 19.2 Å². The summed E-state index contributed by atoms with van der Waals surface area (Å²) in [5.41, 5.74) is 2.65. The zero-order valence-corrected chi connectivity index (χ0v) is 14.4. The third-order valence-electron chi connectivity index (χ3n) is 6.54. The van der Waals surface area contributed by atoms with E-state index in [1.54, 1.807) is 0 Å². The molecular weight excluding hydrogens is 271 g/mol. The average Bonchev–Trinajstić information content (AvgIpc) is 2.49. The molecule has 22 heavy (non-hydrogen) atoms. The van der Waals surface area contributed by atoms with Gasteiger partial charge in [0, 0.05) is 0 Å². The summed E-state index contributed by atoms with van der Waals surface area (Å²) < 4.78 is 6.30.